The summed E-state index contributed by atoms with van der Waals surface area (Å²) in [5.41, 5.74) is 1.13. The number of benzene rings is 3. The normalized spacial score (nSPS) is 12.4. The fourth-order valence-corrected chi connectivity index (χ4v) is 3.25. The van der Waals surface area contributed by atoms with Crippen molar-refractivity contribution in [3.8, 4) is 0 Å². The number of hydrogen-bond acceptors (Lipinski definition) is 4. The highest BCUT2D eigenvalue weighted by molar-refractivity contribution is 5.92. The van der Waals surface area contributed by atoms with Crippen molar-refractivity contribution in [3.05, 3.63) is 108 Å². The molecular formula is C23H22O4. The molecule has 0 saturated carbocycles. The zero-order chi connectivity index (χ0) is 19.1. The molecule has 0 aliphatic carbocycles. The van der Waals surface area contributed by atoms with Gasteiger partial charge in [-0.05, 0) is 16.7 Å². The van der Waals surface area contributed by atoms with Gasteiger partial charge in [-0.1, -0.05) is 91.0 Å². The van der Waals surface area contributed by atoms with Crippen LogP contribution in [-0.2, 0) is 14.9 Å². The Morgan fingerprint density at radius 2 is 1.15 bits per heavy atom. The van der Waals surface area contributed by atoms with Gasteiger partial charge in [0.05, 0.1) is 6.61 Å². The summed E-state index contributed by atoms with van der Waals surface area (Å²) in [4.78, 5) is 13.5. The van der Waals surface area contributed by atoms with Crippen molar-refractivity contribution in [2.75, 3.05) is 13.2 Å². The number of ether oxygens (including phenoxy) is 1. The molecule has 4 nitrogen and oxygen atoms in total. The molecule has 2 N–H and O–H groups in total. The fourth-order valence-electron chi connectivity index (χ4n) is 3.25. The van der Waals surface area contributed by atoms with Gasteiger partial charge in [-0.25, -0.2) is 0 Å². The third kappa shape index (κ3) is 3.77. The van der Waals surface area contributed by atoms with E-state index in [1.54, 1.807) is 0 Å². The van der Waals surface area contributed by atoms with Crippen molar-refractivity contribution >= 4 is 5.97 Å². The summed E-state index contributed by atoms with van der Waals surface area (Å²) < 4.78 is 5.47. The maximum atomic E-state index is 13.5. The molecule has 27 heavy (non-hydrogen) atoms. The van der Waals surface area contributed by atoms with Crippen molar-refractivity contribution in [2.45, 2.75) is 11.5 Å². The van der Waals surface area contributed by atoms with Gasteiger partial charge in [0.25, 0.3) is 0 Å². The molecule has 0 aliphatic heterocycles. The smallest absolute Gasteiger partial charge is 0.325 e. The van der Waals surface area contributed by atoms with Gasteiger partial charge in [0.2, 0.25) is 0 Å². The SMILES string of the molecule is O=C(OCC(O)CO)C(c1ccccc1)(c1ccccc1)c1ccccc1. The molecule has 0 saturated heterocycles. The quantitative estimate of drug-likeness (QED) is 0.501. The minimum Gasteiger partial charge on any atom is -0.462 e. The van der Waals surface area contributed by atoms with Crippen LogP contribution in [0, 0.1) is 0 Å². The Morgan fingerprint density at radius 1 is 0.778 bits per heavy atom. The number of carbonyl (C=O) groups is 1. The predicted octanol–water partition coefficient (Wildman–Crippen LogP) is 2.92. The lowest BCUT2D eigenvalue weighted by Crippen LogP contribution is -2.41. The number of carbonyl (C=O) groups excluding carboxylic acids is 1. The summed E-state index contributed by atoms with van der Waals surface area (Å²) in [6, 6.07) is 28.3. The van der Waals surface area contributed by atoms with Gasteiger partial charge >= 0.3 is 5.97 Å². The van der Waals surface area contributed by atoms with Crippen molar-refractivity contribution in [1.29, 1.82) is 0 Å². The Morgan fingerprint density at radius 3 is 1.48 bits per heavy atom. The van der Waals surface area contributed by atoms with Crippen LogP contribution in [0.15, 0.2) is 91.0 Å². The van der Waals surface area contributed by atoms with Gasteiger partial charge < -0.3 is 14.9 Å². The number of aliphatic hydroxyl groups is 2. The lowest BCUT2D eigenvalue weighted by molar-refractivity contribution is -0.151. The largest absolute Gasteiger partial charge is 0.462 e. The highest BCUT2D eigenvalue weighted by atomic mass is 16.5. The molecule has 0 aromatic heterocycles. The molecule has 0 radical (unpaired) electrons. The molecule has 3 aromatic rings. The van der Waals surface area contributed by atoms with Crippen LogP contribution in [0.4, 0.5) is 0 Å². The van der Waals surface area contributed by atoms with Crippen LogP contribution in [0.1, 0.15) is 16.7 Å². The fraction of sp³-hybridized carbons (Fsp3) is 0.174. The van der Waals surface area contributed by atoms with Crippen molar-refractivity contribution in [1.82, 2.24) is 0 Å². The number of rotatable bonds is 7. The molecule has 138 valence electrons. The average Bonchev–Trinajstić information content (AvgIpc) is 2.75. The lowest BCUT2D eigenvalue weighted by Gasteiger charge is -2.33. The molecule has 1 unspecified atom stereocenters. The molecule has 4 heteroatoms. The first-order valence-electron chi connectivity index (χ1n) is 8.82. The second-order valence-electron chi connectivity index (χ2n) is 6.28. The van der Waals surface area contributed by atoms with Crippen LogP contribution in [0.25, 0.3) is 0 Å². The minimum absolute atomic E-state index is 0.274. The lowest BCUT2D eigenvalue weighted by atomic mass is 9.69. The number of hydrogen-bond donors (Lipinski definition) is 2. The monoisotopic (exact) mass is 362 g/mol. The van der Waals surface area contributed by atoms with E-state index >= 15 is 0 Å². The molecule has 3 rings (SSSR count). The Labute approximate surface area is 158 Å². The van der Waals surface area contributed by atoms with Gasteiger partial charge in [0.15, 0.2) is 0 Å². The first-order valence-corrected chi connectivity index (χ1v) is 8.82. The Balaban J connectivity index is 2.21. The van der Waals surface area contributed by atoms with E-state index in [1.807, 2.05) is 91.0 Å². The second kappa shape index (κ2) is 8.62. The van der Waals surface area contributed by atoms with E-state index in [1.165, 1.54) is 0 Å². The van der Waals surface area contributed by atoms with Crippen LogP contribution >= 0.6 is 0 Å². The maximum Gasteiger partial charge on any atom is 0.325 e. The summed E-state index contributed by atoms with van der Waals surface area (Å²) in [7, 11) is 0. The molecule has 0 fully saturated rings. The Kier molecular flexibility index (Phi) is 6.01. The first kappa shape index (κ1) is 18.8. The maximum absolute atomic E-state index is 13.5. The van der Waals surface area contributed by atoms with Gasteiger partial charge in [-0.2, -0.15) is 0 Å². The first-order chi connectivity index (χ1) is 13.2. The third-order valence-electron chi connectivity index (χ3n) is 4.54. The van der Waals surface area contributed by atoms with E-state index in [0.29, 0.717) is 0 Å². The van der Waals surface area contributed by atoms with E-state index in [2.05, 4.69) is 0 Å². The molecule has 0 spiro atoms. The van der Waals surface area contributed by atoms with Crippen LogP contribution < -0.4 is 0 Å². The van der Waals surface area contributed by atoms with Gasteiger partial charge in [0, 0.05) is 0 Å². The predicted molar refractivity (Wildman–Crippen MR) is 103 cm³/mol. The standard InChI is InChI=1S/C23H22O4/c24-16-21(25)17-27-22(26)23(18-10-4-1-5-11-18,19-12-6-2-7-13-19)20-14-8-3-9-15-20/h1-15,21,24-25H,16-17H2. The van der Waals surface area contributed by atoms with Crippen molar-refractivity contribution in [3.63, 3.8) is 0 Å². The molecule has 0 amide bonds. The number of esters is 1. The summed E-state index contributed by atoms with van der Waals surface area (Å²) in [6.07, 6.45) is -1.12. The van der Waals surface area contributed by atoms with Gasteiger partial charge in [-0.15, -0.1) is 0 Å². The molecule has 0 aliphatic rings. The van der Waals surface area contributed by atoms with E-state index in [9.17, 15) is 9.90 Å². The topological polar surface area (TPSA) is 66.8 Å². The Hall–Kier alpha value is -2.95. The van der Waals surface area contributed by atoms with Crippen molar-refractivity contribution < 1.29 is 19.7 Å². The van der Waals surface area contributed by atoms with Gasteiger partial charge in [-0.3, -0.25) is 4.79 Å². The van der Waals surface area contributed by atoms with E-state index in [0.717, 1.165) is 16.7 Å². The molecule has 3 aromatic carbocycles. The summed E-state index contributed by atoms with van der Waals surface area (Å²) >= 11 is 0. The highest BCUT2D eigenvalue weighted by Crippen LogP contribution is 2.40. The van der Waals surface area contributed by atoms with E-state index < -0.39 is 24.1 Å². The molecule has 1 atom stereocenters. The third-order valence-corrected chi connectivity index (χ3v) is 4.54. The van der Waals surface area contributed by atoms with Crippen LogP contribution in [0.3, 0.4) is 0 Å². The minimum atomic E-state index is -1.18. The van der Waals surface area contributed by atoms with E-state index in [4.69, 9.17) is 9.84 Å². The zero-order valence-electron chi connectivity index (χ0n) is 14.9. The van der Waals surface area contributed by atoms with E-state index in [-0.39, 0.29) is 6.61 Å². The van der Waals surface area contributed by atoms with Crippen LogP contribution in [-0.4, -0.2) is 35.5 Å². The second-order valence-corrected chi connectivity index (χ2v) is 6.28. The molecule has 0 heterocycles. The number of aliphatic hydroxyl groups excluding tert-OH is 2. The summed E-state index contributed by atoms with van der Waals surface area (Å²) in [6.45, 7) is -0.744. The average molecular weight is 362 g/mol. The van der Waals surface area contributed by atoms with Gasteiger partial charge in [0.1, 0.15) is 18.1 Å². The van der Waals surface area contributed by atoms with Crippen LogP contribution in [0.2, 0.25) is 0 Å². The van der Waals surface area contributed by atoms with Crippen LogP contribution in [0.5, 0.6) is 0 Å². The summed E-state index contributed by atoms with van der Waals surface area (Å²) in [5, 5.41) is 18.7. The Bertz CT molecular complexity index is 751. The summed E-state index contributed by atoms with van der Waals surface area (Å²) in [5.74, 6) is -0.501. The van der Waals surface area contributed by atoms with Crippen molar-refractivity contribution in [2.24, 2.45) is 0 Å². The highest BCUT2D eigenvalue weighted by Gasteiger charge is 2.45. The zero-order valence-corrected chi connectivity index (χ0v) is 14.9. The molecule has 0 bridgehead atoms. The molecular weight excluding hydrogens is 340 g/mol.